The van der Waals surface area contributed by atoms with E-state index in [1.165, 1.54) is 6.26 Å². The predicted octanol–water partition coefficient (Wildman–Crippen LogP) is 1.76. The molecule has 0 N–H and O–H groups in total. The zero-order chi connectivity index (χ0) is 10.6. The van der Waals surface area contributed by atoms with Gasteiger partial charge in [-0.2, -0.15) is 0 Å². The lowest BCUT2D eigenvalue weighted by Crippen LogP contribution is -2.11. The van der Waals surface area contributed by atoms with Crippen molar-refractivity contribution in [2.75, 3.05) is 18.6 Å². The van der Waals surface area contributed by atoms with Gasteiger partial charge in [0.15, 0.2) is 9.84 Å². The fraction of sp³-hybridized carbons (Fsp3) is 0.333. The van der Waals surface area contributed by atoms with Gasteiger partial charge in [0.25, 0.3) is 0 Å². The smallest absolute Gasteiger partial charge is 0.150 e. The molecule has 0 spiro atoms. The van der Waals surface area contributed by atoms with Gasteiger partial charge in [0, 0.05) is 11.3 Å². The summed E-state index contributed by atoms with van der Waals surface area (Å²) in [7, 11) is -2.96. The lowest BCUT2D eigenvalue weighted by atomic mass is 10.3. The van der Waals surface area contributed by atoms with Crippen molar-refractivity contribution >= 4 is 21.4 Å². The van der Waals surface area contributed by atoms with Crippen molar-refractivity contribution < 1.29 is 13.2 Å². The second-order valence-corrected chi connectivity index (χ2v) is 5.63. The summed E-state index contributed by atoms with van der Waals surface area (Å²) in [4.78, 5) is 0. The number of sulfone groups is 1. The fourth-order valence-electron chi connectivity index (χ4n) is 0.868. The van der Waals surface area contributed by atoms with Crippen LogP contribution in [0.4, 0.5) is 0 Å². The molecule has 0 bridgehead atoms. The number of hydrogen-bond donors (Lipinski definition) is 0. The third-order valence-corrected chi connectivity index (χ3v) is 2.66. The highest BCUT2D eigenvalue weighted by molar-refractivity contribution is 7.90. The van der Waals surface area contributed by atoms with E-state index >= 15 is 0 Å². The Hall–Kier alpha value is -0.740. The third kappa shape index (κ3) is 4.48. The molecular weight excluding hydrogens is 224 g/mol. The normalized spacial score (nSPS) is 11.3. The Bertz CT molecular complexity index is 400. The SMILES string of the molecule is CS(=O)(=O)CCOc1cccc(Cl)c1. The van der Waals surface area contributed by atoms with Crippen LogP contribution in [-0.4, -0.2) is 27.0 Å². The zero-order valence-electron chi connectivity index (χ0n) is 7.73. The summed E-state index contributed by atoms with van der Waals surface area (Å²) in [6.45, 7) is 0.152. The molecule has 0 aliphatic heterocycles. The summed E-state index contributed by atoms with van der Waals surface area (Å²) < 4.78 is 26.8. The van der Waals surface area contributed by atoms with E-state index < -0.39 is 9.84 Å². The molecule has 14 heavy (non-hydrogen) atoms. The highest BCUT2D eigenvalue weighted by atomic mass is 35.5. The van der Waals surface area contributed by atoms with Gasteiger partial charge in [0.2, 0.25) is 0 Å². The Morgan fingerprint density at radius 3 is 2.71 bits per heavy atom. The van der Waals surface area contributed by atoms with Gasteiger partial charge in [-0.1, -0.05) is 17.7 Å². The van der Waals surface area contributed by atoms with Gasteiger partial charge in [-0.15, -0.1) is 0 Å². The summed E-state index contributed by atoms with van der Waals surface area (Å²) in [5, 5.41) is 0.571. The molecule has 1 rings (SSSR count). The van der Waals surface area contributed by atoms with Crippen molar-refractivity contribution in [2.24, 2.45) is 0 Å². The van der Waals surface area contributed by atoms with Crippen LogP contribution in [0.15, 0.2) is 24.3 Å². The van der Waals surface area contributed by atoms with Gasteiger partial charge in [-0.3, -0.25) is 0 Å². The summed E-state index contributed by atoms with van der Waals surface area (Å²) in [6, 6.07) is 6.85. The van der Waals surface area contributed by atoms with Crippen LogP contribution in [0.2, 0.25) is 5.02 Å². The number of rotatable bonds is 4. The van der Waals surface area contributed by atoms with E-state index in [9.17, 15) is 8.42 Å². The van der Waals surface area contributed by atoms with Gasteiger partial charge in [-0.05, 0) is 18.2 Å². The average Bonchev–Trinajstić information content (AvgIpc) is 2.01. The molecule has 0 radical (unpaired) electrons. The van der Waals surface area contributed by atoms with E-state index in [1.54, 1.807) is 24.3 Å². The van der Waals surface area contributed by atoms with Crippen LogP contribution in [0, 0.1) is 0 Å². The second kappa shape index (κ2) is 4.66. The van der Waals surface area contributed by atoms with Crippen molar-refractivity contribution in [1.29, 1.82) is 0 Å². The molecule has 3 nitrogen and oxygen atoms in total. The van der Waals surface area contributed by atoms with E-state index in [0.717, 1.165) is 0 Å². The Labute approximate surface area is 88.6 Å². The quantitative estimate of drug-likeness (QED) is 0.798. The van der Waals surface area contributed by atoms with Crippen LogP contribution in [0.1, 0.15) is 0 Å². The van der Waals surface area contributed by atoms with E-state index in [-0.39, 0.29) is 12.4 Å². The van der Waals surface area contributed by atoms with E-state index in [4.69, 9.17) is 16.3 Å². The Balaban J connectivity index is 2.47. The molecular formula is C9H11ClO3S. The number of benzene rings is 1. The van der Waals surface area contributed by atoms with Gasteiger partial charge < -0.3 is 4.74 Å². The van der Waals surface area contributed by atoms with Crippen LogP contribution in [-0.2, 0) is 9.84 Å². The average molecular weight is 235 g/mol. The summed E-state index contributed by atoms with van der Waals surface area (Å²) in [5.74, 6) is 0.598. The minimum atomic E-state index is -2.96. The molecule has 0 aliphatic rings. The van der Waals surface area contributed by atoms with Crippen LogP contribution in [0.25, 0.3) is 0 Å². The molecule has 0 saturated carbocycles. The molecule has 1 aromatic rings. The lowest BCUT2D eigenvalue weighted by molar-refractivity contribution is 0.341. The minimum Gasteiger partial charge on any atom is -0.492 e. The monoisotopic (exact) mass is 234 g/mol. The Kier molecular flexibility index (Phi) is 3.77. The topological polar surface area (TPSA) is 43.4 Å². The third-order valence-electron chi connectivity index (χ3n) is 1.52. The van der Waals surface area contributed by atoms with Gasteiger partial charge in [0.05, 0.1) is 5.75 Å². The summed E-state index contributed by atoms with van der Waals surface area (Å²) in [5.41, 5.74) is 0. The molecule has 0 aliphatic carbocycles. The molecule has 1 aromatic carbocycles. The largest absolute Gasteiger partial charge is 0.492 e. The zero-order valence-corrected chi connectivity index (χ0v) is 9.31. The molecule has 0 amide bonds. The van der Waals surface area contributed by atoms with Crippen molar-refractivity contribution in [1.82, 2.24) is 0 Å². The first-order valence-corrected chi connectivity index (χ1v) is 6.47. The molecule has 78 valence electrons. The maximum atomic E-state index is 10.8. The van der Waals surface area contributed by atoms with Crippen molar-refractivity contribution in [3.05, 3.63) is 29.3 Å². The summed E-state index contributed by atoms with van der Waals surface area (Å²) >= 11 is 5.72. The number of halogens is 1. The molecule has 0 atom stereocenters. The Morgan fingerprint density at radius 1 is 1.43 bits per heavy atom. The van der Waals surface area contributed by atoms with Crippen LogP contribution < -0.4 is 4.74 Å². The number of hydrogen-bond acceptors (Lipinski definition) is 3. The van der Waals surface area contributed by atoms with Crippen molar-refractivity contribution in [3.8, 4) is 5.75 Å². The van der Waals surface area contributed by atoms with E-state index in [1.807, 2.05) is 0 Å². The van der Waals surface area contributed by atoms with Crippen LogP contribution in [0.3, 0.4) is 0 Å². The highest BCUT2D eigenvalue weighted by Gasteiger charge is 2.02. The van der Waals surface area contributed by atoms with Crippen LogP contribution >= 0.6 is 11.6 Å². The fourth-order valence-corrected chi connectivity index (χ4v) is 1.43. The van der Waals surface area contributed by atoms with Gasteiger partial charge in [0.1, 0.15) is 12.4 Å². The molecule has 0 saturated heterocycles. The number of ether oxygens (including phenoxy) is 1. The van der Waals surface area contributed by atoms with Crippen molar-refractivity contribution in [3.63, 3.8) is 0 Å². The Morgan fingerprint density at radius 2 is 2.14 bits per heavy atom. The maximum Gasteiger partial charge on any atom is 0.150 e. The molecule has 0 fully saturated rings. The van der Waals surface area contributed by atoms with Crippen LogP contribution in [0.5, 0.6) is 5.75 Å². The molecule has 0 unspecified atom stereocenters. The molecule has 0 aromatic heterocycles. The first-order valence-electron chi connectivity index (χ1n) is 4.03. The molecule has 5 heteroatoms. The van der Waals surface area contributed by atoms with Gasteiger partial charge >= 0.3 is 0 Å². The lowest BCUT2D eigenvalue weighted by Gasteiger charge is -2.04. The summed E-state index contributed by atoms with van der Waals surface area (Å²) in [6.07, 6.45) is 1.17. The van der Waals surface area contributed by atoms with Gasteiger partial charge in [-0.25, -0.2) is 8.42 Å². The first kappa shape index (κ1) is 11.3. The minimum absolute atomic E-state index is 0.0134. The predicted molar refractivity (Wildman–Crippen MR) is 56.7 cm³/mol. The van der Waals surface area contributed by atoms with E-state index in [2.05, 4.69) is 0 Å². The molecule has 0 heterocycles. The second-order valence-electron chi connectivity index (χ2n) is 2.94. The van der Waals surface area contributed by atoms with E-state index in [0.29, 0.717) is 10.8 Å². The van der Waals surface area contributed by atoms with Crippen molar-refractivity contribution in [2.45, 2.75) is 0 Å². The maximum absolute atomic E-state index is 10.8. The highest BCUT2D eigenvalue weighted by Crippen LogP contribution is 2.16. The first-order chi connectivity index (χ1) is 6.47. The standard InChI is InChI=1S/C9H11ClO3S/c1-14(11,12)6-5-13-9-4-2-3-8(10)7-9/h2-4,7H,5-6H2,1H3.